The van der Waals surface area contributed by atoms with E-state index in [1.807, 2.05) is 22.7 Å². The molecular formula is C21H27FN4O. The van der Waals surface area contributed by atoms with E-state index in [2.05, 4.69) is 10.4 Å². The van der Waals surface area contributed by atoms with Crippen LogP contribution >= 0.6 is 0 Å². The fourth-order valence-corrected chi connectivity index (χ4v) is 4.29. The molecule has 1 aromatic heterocycles. The summed E-state index contributed by atoms with van der Waals surface area (Å²) in [6.45, 7) is 2.31. The molecular weight excluding hydrogens is 343 g/mol. The third-order valence-corrected chi connectivity index (χ3v) is 5.78. The van der Waals surface area contributed by atoms with Crippen molar-refractivity contribution in [2.75, 3.05) is 13.1 Å². The zero-order valence-electron chi connectivity index (χ0n) is 15.9. The van der Waals surface area contributed by atoms with E-state index in [0.717, 1.165) is 56.3 Å². The molecule has 0 radical (unpaired) electrons. The van der Waals surface area contributed by atoms with Gasteiger partial charge in [-0.05, 0) is 56.2 Å². The number of amides is 1. The summed E-state index contributed by atoms with van der Waals surface area (Å²) in [6, 6.07) is 6.97. The van der Waals surface area contributed by atoms with Crippen molar-refractivity contribution in [1.29, 1.82) is 0 Å². The maximum atomic E-state index is 13.4. The van der Waals surface area contributed by atoms with E-state index in [1.54, 1.807) is 12.1 Å². The standard InChI is InChI=1S/C21H27FN4O/c1-25-19-9-8-17(23-14-15-6-5-7-16(22)12-15)13-18(19)20(24-25)21(27)26-10-3-2-4-11-26/h5-7,12,17,23H,2-4,8-11,13-14H2,1H3. The second-order valence-corrected chi connectivity index (χ2v) is 7.70. The van der Waals surface area contributed by atoms with Gasteiger partial charge >= 0.3 is 0 Å². The van der Waals surface area contributed by atoms with Gasteiger partial charge in [-0.2, -0.15) is 5.10 Å². The van der Waals surface area contributed by atoms with Gasteiger partial charge in [-0.15, -0.1) is 0 Å². The predicted molar refractivity (Wildman–Crippen MR) is 102 cm³/mol. The Bertz CT molecular complexity index is 826. The van der Waals surface area contributed by atoms with Crippen LogP contribution in [0.2, 0.25) is 0 Å². The summed E-state index contributed by atoms with van der Waals surface area (Å²) < 4.78 is 15.3. The van der Waals surface area contributed by atoms with Crippen molar-refractivity contribution in [1.82, 2.24) is 20.0 Å². The molecule has 2 aliphatic rings. The lowest BCUT2D eigenvalue weighted by Crippen LogP contribution is -2.38. The number of hydrogen-bond acceptors (Lipinski definition) is 3. The molecule has 6 heteroatoms. The number of nitrogens with zero attached hydrogens (tertiary/aromatic N) is 3. The number of nitrogens with one attached hydrogen (secondary N) is 1. The number of rotatable bonds is 4. The first-order valence-electron chi connectivity index (χ1n) is 9.93. The van der Waals surface area contributed by atoms with Crippen LogP contribution in [0.25, 0.3) is 0 Å². The van der Waals surface area contributed by atoms with Crippen molar-refractivity contribution in [3.05, 3.63) is 52.6 Å². The van der Waals surface area contributed by atoms with Crippen LogP contribution in [0.15, 0.2) is 24.3 Å². The van der Waals surface area contributed by atoms with E-state index in [9.17, 15) is 9.18 Å². The number of aromatic nitrogens is 2. The summed E-state index contributed by atoms with van der Waals surface area (Å²) in [5.74, 6) is -0.126. The van der Waals surface area contributed by atoms with Gasteiger partial charge in [0.25, 0.3) is 5.91 Å². The largest absolute Gasteiger partial charge is 0.337 e. The van der Waals surface area contributed by atoms with Crippen molar-refractivity contribution in [3.8, 4) is 0 Å². The fraction of sp³-hybridized carbons (Fsp3) is 0.524. The Morgan fingerprint density at radius 3 is 2.89 bits per heavy atom. The van der Waals surface area contributed by atoms with Crippen LogP contribution in [0, 0.1) is 5.82 Å². The lowest BCUT2D eigenvalue weighted by atomic mass is 9.90. The van der Waals surface area contributed by atoms with Crippen LogP contribution in [-0.4, -0.2) is 39.7 Å². The molecule has 4 rings (SSSR count). The van der Waals surface area contributed by atoms with Gasteiger partial charge in [0.05, 0.1) is 0 Å². The minimum absolute atomic E-state index is 0.0809. The lowest BCUT2D eigenvalue weighted by Gasteiger charge is -2.27. The Balaban J connectivity index is 1.47. The topological polar surface area (TPSA) is 50.2 Å². The molecule has 0 saturated carbocycles. The minimum Gasteiger partial charge on any atom is -0.337 e. The Kier molecular flexibility index (Phi) is 5.25. The van der Waals surface area contributed by atoms with Crippen molar-refractivity contribution in [2.45, 2.75) is 51.1 Å². The summed E-state index contributed by atoms with van der Waals surface area (Å²) in [5.41, 5.74) is 3.85. The average molecular weight is 370 g/mol. The van der Waals surface area contributed by atoms with Crippen LogP contribution in [0.3, 0.4) is 0 Å². The second kappa shape index (κ2) is 7.80. The van der Waals surface area contributed by atoms with E-state index in [1.165, 1.54) is 18.2 Å². The highest BCUT2D eigenvalue weighted by molar-refractivity contribution is 5.94. The maximum Gasteiger partial charge on any atom is 0.274 e. The molecule has 1 aliphatic heterocycles. The van der Waals surface area contributed by atoms with Crippen molar-refractivity contribution in [3.63, 3.8) is 0 Å². The fourth-order valence-electron chi connectivity index (χ4n) is 4.29. The number of hydrogen-bond donors (Lipinski definition) is 1. The van der Waals surface area contributed by atoms with Crippen LogP contribution in [-0.2, 0) is 26.4 Å². The van der Waals surface area contributed by atoms with Crippen LogP contribution in [0.1, 0.15) is 53.0 Å². The summed E-state index contributed by atoms with van der Waals surface area (Å²) in [4.78, 5) is 15.0. The lowest BCUT2D eigenvalue weighted by molar-refractivity contribution is 0.0716. The normalized spacial score (nSPS) is 19.8. The van der Waals surface area contributed by atoms with Gasteiger partial charge in [-0.3, -0.25) is 9.48 Å². The first kappa shape index (κ1) is 18.2. The zero-order chi connectivity index (χ0) is 18.8. The quantitative estimate of drug-likeness (QED) is 0.900. The Morgan fingerprint density at radius 1 is 1.30 bits per heavy atom. The van der Waals surface area contributed by atoms with Crippen molar-refractivity contribution in [2.24, 2.45) is 7.05 Å². The third kappa shape index (κ3) is 3.90. The smallest absolute Gasteiger partial charge is 0.274 e. The molecule has 0 bridgehead atoms. The number of halogens is 1. The van der Waals surface area contributed by atoms with Crippen LogP contribution < -0.4 is 5.32 Å². The van der Waals surface area contributed by atoms with E-state index in [-0.39, 0.29) is 17.8 Å². The maximum absolute atomic E-state index is 13.4. The highest BCUT2D eigenvalue weighted by atomic mass is 19.1. The van der Waals surface area contributed by atoms with E-state index >= 15 is 0 Å². The van der Waals surface area contributed by atoms with Gasteiger partial charge < -0.3 is 10.2 Å². The summed E-state index contributed by atoms with van der Waals surface area (Å²) in [6.07, 6.45) is 6.08. The molecule has 27 heavy (non-hydrogen) atoms. The number of likely N-dealkylation sites (tertiary alicyclic amines) is 1. The minimum atomic E-state index is -0.207. The number of carbonyl (C=O) groups excluding carboxylic acids is 1. The molecule has 1 N–H and O–H groups in total. The van der Waals surface area contributed by atoms with Crippen LogP contribution in [0.5, 0.6) is 0 Å². The molecule has 1 aromatic carbocycles. The van der Waals surface area contributed by atoms with Crippen molar-refractivity contribution < 1.29 is 9.18 Å². The van der Waals surface area contributed by atoms with Gasteiger partial charge in [-0.1, -0.05) is 12.1 Å². The van der Waals surface area contributed by atoms with E-state index < -0.39 is 0 Å². The molecule has 1 saturated heterocycles. The highest BCUT2D eigenvalue weighted by Gasteiger charge is 2.30. The Morgan fingerprint density at radius 2 is 2.11 bits per heavy atom. The van der Waals surface area contributed by atoms with Gasteiger partial charge in [0, 0.05) is 44.0 Å². The molecule has 2 heterocycles. The molecule has 1 fully saturated rings. The average Bonchev–Trinajstić information content (AvgIpc) is 3.02. The van der Waals surface area contributed by atoms with Gasteiger partial charge in [0.15, 0.2) is 5.69 Å². The number of carbonyl (C=O) groups is 1. The van der Waals surface area contributed by atoms with Gasteiger partial charge in [0.1, 0.15) is 5.82 Å². The molecule has 1 unspecified atom stereocenters. The second-order valence-electron chi connectivity index (χ2n) is 7.70. The molecule has 2 aromatic rings. The zero-order valence-corrected chi connectivity index (χ0v) is 15.9. The van der Waals surface area contributed by atoms with Crippen LogP contribution in [0.4, 0.5) is 4.39 Å². The monoisotopic (exact) mass is 370 g/mol. The molecule has 144 valence electrons. The molecule has 5 nitrogen and oxygen atoms in total. The molecule has 1 aliphatic carbocycles. The van der Waals surface area contributed by atoms with E-state index in [4.69, 9.17) is 0 Å². The summed E-state index contributed by atoms with van der Waals surface area (Å²) in [7, 11) is 1.94. The molecule has 1 amide bonds. The number of aryl methyl sites for hydroxylation is 1. The number of piperidine rings is 1. The number of benzene rings is 1. The van der Waals surface area contributed by atoms with Gasteiger partial charge in [0.2, 0.25) is 0 Å². The molecule has 0 spiro atoms. The first-order chi connectivity index (χ1) is 13.1. The highest BCUT2D eigenvalue weighted by Crippen LogP contribution is 2.26. The summed E-state index contributed by atoms with van der Waals surface area (Å²) in [5, 5.41) is 8.11. The number of fused-ring (bicyclic) bond motifs is 1. The Hall–Kier alpha value is -2.21. The van der Waals surface area contributed by atoms with E-state index in [0.29, 0.717) is 12.2 Å². The first-order valence-corrected chi connectivity index (χ1v) is 9.93. The third-order valence-electron chi connectivity index (χ3n) is 5.78. The molecule has 1 atom stereocenters. The SMILES string of the molecule is Cn1nc(C(=O)N2CCCCC2)c2c1CCC(NCc1cccc(F)c1)C2. The summed E-state index contributed by atoms with van der Waals surface area (Å²) >= 11 is 0. The van der Waals surface area contributed by atoms with Gasteiger partial charge in [-0.25, -0.2) is 4.39 Å². The Labute approximate surface area is 159 Å². The predicted octanol–water partition coefficient (Wildman–Crippen LogP) is 2.83. The van der Waals surface area contributed by atoms with Crippen molar-refractivity contribution >= 4 is 5.91 Å².